The Morgan fingerprint density at radius 2 is 1.72 bits per heavy atom. The summed E-state index contributed by atoms with van der Waals surface area (Å²) in [6.07, 6.45) is -6.16. The van der Waals surface area contributed by atoms with Gasteiger partial charge in [-0.3, -0.25) is 9.59 Å². The van der Waals surface area contributed by atoms with Gasteiger partial charge in [-0.15, -0.1) is 0 Å². The Kier molecular flexibility index (Phi) is 5.50. The highest BCUT2D eigenvalue weighted by atomic mass is 19.4. The van der Waals surface area contributed by atoms with Crippen molar-refractivity contribution in [1.82, 2.24) is 5.32 Å². The Labute approximate surface area is 99.2 Å². The van der Waals surface area contributed by atoms with Crippen molar-refractivity contribution in [1.29, 1.82) is 0 Å². The molecule has 0 aliphatic carbocycles. The van der Waals surface area contributed by atoms with Crippen LogP contribution in [0.5, 0.6) is 0 Å². The SMILES string of the molecule is CCC(CNC(=O)C(F)(F)C(F)(F)F)CC(=O)O. The topological polar surface area (TPSA) is 66.4 Å². The number of carboxylic acid groups (broad SMARTS) is 1. The first-order valence-electron chi connectivity index (χ1n) is 4.97. The molecule has 2 N–H and O–H groups in total. The molecule has 0 aliphatic rings. The molecule has 1 unspecified atom stereocenters. The van der Waals surface area contributed by atoms with Crippen LogP contribution in [-0.4, -0.2) is 35.6 Å². The van der Waals surface area contributed by atoms with E-state index in [1.807, 2.05) is 0 Å². The zero-order chi connectivity index (χ0) is 14.6. The second-order valence-electron chi connectivity index (χ2n) is 3.65. The maximum Gasteiger partial charge on any atom is 0.463 e. The molecule has 0 fully saturated rings. The number of halogens is 5. The van der Waals surface area contributed by atoms with Crippen LogP contribution in [0.2, 0.25) is 0 Å². The van der Waals surface area contributed by atoms with E-state index in [1.165, 1.54) is 12.2 Å². The largest absolute Gasteiger partial charge is 0.481 e. The molecule has 0 bridgehead atoms. The minimum absolute atomic E-state index is 0.226. The van der Waals surface area contributed by atoms with E-state index in [9.17, 15) is 31.5 Å². The van der Waals surface area contributed by atoms with Crippen LogP contribution in [-0.2, 0) is 9.59 Å². The summed E-state index contributed by atoms with van der Waals surface area (Å²) in [4.78, 5) is 21.0. The lowest BCUT2D eigenvalue weighted by atomic mass is 10.0. The van der Waals surface area contributed by atoms with Gasteiger partial charge in [0.1, 0.15) is 0 Å². The molecule has 0 aromatic heterocycles. The third-order valence-corrected chi connectivity index (χ3v) is 2.23. The van der Waals surface area contributed by atoms with Gasteiger partial charge in [-0.1, -0.05) is 13.3 Å². The minimum Gasteiger partial charge on any atom is -0.481 e. The first-order chi connectivity index (χ1) is 8.02. The predicted molar refractivity (Wildman–Crippen MR) is 50.0 cm³/mol. The van der Waals surface area contributed by atoms with Crippen molar-refractivity contribution in [2.75, 3.05) is 6.54 Å². The molecule has 0 aromatic rings. The maximum atomic E-state index is 12.5. The van der Waals surface area contributed by atoms with Gasteiger partial charge >= 0.3 is 18.1 Å². The molecule has 0 aromatic carbocycles. The summed E-state index contributed by atoms with van der Waals surface area (Å²) in [6, 6.07) is 0. The van der Waals surface area contributed by atoms with Crippen LogP contribution < -0.4 is 5.32 Å². The van der Waals surface area contributed by atoms with Gasteiger partial charge in [-0.05, 0) is 5.92 Å². The monoisotopic (exact) mass is 277 g/mol. The van der Waals surface area contributed by atoms with Crippen molar-refractivity contribution in [2.45, 2.75) is 31.9 Å². The zero-order valence-electron chi connectivity index (χ0n) is 9.35. The van der Waals surface area contributed by atoms with Crippen LogP contribution >= 0.6 is 0 Å². The molecule has 0 saturated heterocycles. The number of nitrogens with one attached hydrogen (secondary N) is 1. The van der Waals surface area contributed by atoms with Gasteiger partial charge in [0.15, 0.2) is 0 Å². The molecule has 9 heteroatoms. The van der Waals surface area contributed by atoms with Crippen LogP contribution in [0, 0.1) is 5.92 Å². The molecule has 0 heterocycles. The average Bonchev–Trinajstić information content (AvgIpc) is 2.21. The number of rotatable bonds is 6. The quantitative estimate of drug-likeness (QED) is 0.727. The van der Waals surface area contributed by atoms with E-state index < -0.39 is 42.9 Å². The third-order valence-electron chi connectivity index (χ3n) is 2.23. The summed E-state index contributed by atoms with van der Waals surface area (Å²) >= 11 is 0. The van der Waals surface area contributed by atoms with Crippen molar-refractivity contribution in [2.24, 2.45) is 5.92 Å². The van der Waals surface area contributed by atoms with Crippen LogP contribution in [0.1, 0.15) is 19.8 Å². The molecular formula is C9H12F5NO3. The summed E-state index contributed by atoms with van der Waals surface area (Å²) in [5.74, 6) is -9.87. The van der Waals surface area contributed by atoms with Gasteiger partial charge in [0, 0.05) is 13.0 Å². The Morgan fingerprint density at radius 3 is 2.06 bits per heavy atom. The first-order valence-corrected chi connectivity index (χ1v) is 4.97. The fourth-order valence-electron chi connectivity index (χ4n) is 1.08. The average molecular weight is 277 g/mol. The molecule has 4 nitrogen and oxygen atoms in total. The van der Waals surface area contributed by atoms with Gasteiger partial charge in [0.25, 0.3) is 5.91 Å². The van der Waals surface area contributed by atoms with Crippen LogP contribution in [0.4, 0.5) is 22.0 Å². The molecule has 0 spiro atoms. The van der Waals surface area contributed by atoms with E-state index in [1.54, 1.807) is 0 Å². The summed E-state index contributed by atoms with van der Waals surface area (Å²) in [5.41, 5.74) is 0. The molecule has 1 atom stereocenters. The smallest absolute Gasteiger partial charge is 0.463 e. The summed E-state index contributed by atoms with van der Waals surface area (Å²) < 4.78 is 60.4. The lowest BCUT2D eigenvalue weighted by Crippen LogP contribution is -2.51. The minimum atomic E-state index is -5.97. The number of hydrogen-bond acceptors (Lipinski definition) is 2. The Morgan fingerprint density at radius 1 is 1.22 bits per heavy atom. The van der Waals surface area contributed by atoms with Crippen LogP contribution in [0.3, 0.4) is 0 Å². The van der Waals surface area contributed by atoms with E-state index in [4.69, 9.17) is 5.11 Å². The number of carboxylic acids is 1. The molecule has 18 heavy (non-hydrogen) atoms. The standard InChI is InChI=1S/C9H12F5NO3/c1-2-5(3-6(16)17)4-15-7(18)8(10,11)9(12,13)14/h5H,2-4H2,1H3,(H,15,18)(H,16,17). The molecular weight excluding hydrogens is 265 g/mol. The molecule has 1 amide bonds. The van der Waals surface area contributed by atoms with E-state index in [0.717, 1.165) is 0 Å². The van der Waals surface area contributed by atoms with E-state index in [2.05, 4.69) is 0 Å². The van der Waals surface area contributed by atoms with Crippen LogP contribution in [0.25, 0.3) is 0 Å². The third kappa shape index (κ3) is 4.46. The van der Waals surface area contributed by atoms with Crippen molar-refractivity contribution >= 4 is 11.9 Å². The van der Waals surface area contributed by atoms with Crippen LogP contribution in [0.15, 0.2) is 0 Å². The summed E-state index contributed by atoms with van der Waals surface area (Å²) in [7, 11) is 0. The van der Waals surface area contributed by atoms with Gasteiger partial charge in [-0.2, -0.15) is 22.0 Å². The van der Waals surface area contributed by atoms with Gasteiger partial charge < -0.3 is 10.4 Å². The highest BCUT2D eigenvalue weighted by Gasteiger charge is 2.63. The zero-order valence-corrected chi connectivity index (χ0v) is 9.35. The molecule has 0 aliphatic heterocycles. The second kappa shape index (κ2) is 5.96. The van der Waals surface area contributed by atoms with E-state index >= 15 is 0 Å². The lowest BCUT2D eigenvalue weighted by molar-refractivity contribution is -0.269. The van der Waals surface area contributed by atoms with Crippen molar-refractivity contribution in [3.8, 4) is 0 Å². The number of carbonyl (C=O) groups excluding carboxylic acids is 1. The van der Waals surface area contributed by atoms with E-state index in [-0.39, 0.29) is 6.42 Å². The van der Waals surface area contributed by atoms with Crippen molar-refractivity contribution in [3.63, 3.8) is 0 Å². The second-order valence-corrected chi connectivity index (χ2v) is 3.65. The fraction of sp³-hybridized carbons (Fsp3) is 0.778. The predicted octanol–water partition coefficient (Wildman–Crippen LogP) is 1.80. The Balaban J connectivity index is 4.45. The van der Waals surface area contributed by atoms with Gasteiger partial charge in [0.05, 0.1) is 0 Å². The number of amides is 1. The highest BCUT2D eigenvalue weighted by Crippen LogP contribution is 2.35. The number of alkyl halides is 5. The molecule has 0 saturated carbocycles. The fourth-order valence-corrected chi connectivity index (χ4v) is 1.08. The summed E-state index contributed by atoms with van der Waals surface area (Å²) in [6.45, 7) is 0.981. The Hall–Kier alpha value is -1.41. The number of carbonyl (C=O) groups is 2. The molecule has 106 valence electrons. The van der Waals surface area contributed by atoms with Crippen molar-refractivity contribution in [3.05, 3.63) is 0 Å². The summed E-state index contributed by atoms with van der Waals surface area (Å²) in [5, 5.41) is 9.84. The molecule has 0 radical (unpaired) electrons. The Bertz CT molecular complexity index is 316. The normalized spacial score (nSPS) is 14.1. The molecule has 0 rings (SSSR count). The van der Waals surface area contributed by atoms with Crippen molar-refractivity contribution < 1.29 is 36.6 Å². The first kappa shape index (κ1) is 16.6. The van der Waals surface area contributed by atoms with E-state index in [0.29, 0.717) is 0 Å². The maximum absolute atomic E-state index is 12.5. The number of hydrogen-bond donors (Lipinski definition) is 2. The number of aliphatic carboxylic acids is 1. The van der Waals surface area contributed by atoms with Gasteiger partial charge in [-0.25, -0.2) is 0 Å². The highest BCUT2D eigenvalue weighted by molar-refractivity contribution is 5.84. The van der Waals surface area contributed by atoms with Gasteiger partial charge in [0.2, 0.25) is 0 Å². The lowest BCUT2D eigenvalue weighted by Gasteiger charge is -2.20.